The molecule has 0 N–H and O–H groups in total. The van der Waals surface area contributed by atoms with Gasteiger partial charge in [0, 0.05) is 12.1 Å². The molecule has 0 radical (unpaired) electrons. The molecular weight excluding hydrogens is 156 g/mol. The van der Waals surface area contributed by atoms with Gasteiger partial charge in [0.1, 0.15) is 11.6 Å². The zero-order valence-electron chi connectivity index (χ0n) is 6.90. The van der Waals surface area contributed by atoms with E-state index in [-0.39, 0.29) is 5.69 Å². The molecule has 62 valence electrons. The second kappa shape index (κ2) is 2.23. The Morgan fingerprint density at radius 3 is 2.83 bits per heavy atom. The molecule has 0 fully saturated rings. The zero-order valence-corrected chi connectivity index (χ0v) is 6.90. The van der Waals surface area contributed by atoms with Crippen molar-refractivity contribution in [3.05, 3.63) is 22.1 Å². The molecule has 1 aromatic heterocycles. The summed E-state index contributed by atoms with van der Waals surface area (Å²) >= 11 is 0. The smallest absolute Gasteiger partial charge is 0.243 e. The summed E-state index contributed by atoms with van der Waals surface area (Å²) in [6.07, 6.45) is 0.651. The Morgan fingerprint density at radius 1 is 1.33 bits per heavy atom. The van der Waals surface area contributed by atoms with Gasteiger partial charge in [-0.15, -0.1) is 0 Å². The van der Waals surface area contributed by atoms with E-state index in [1.807, 2.05) is 6.92 Å². The summed E-state index contributed by atoms with van der Waals surface area (Å²) in [4.78, 5) is 19.0. The van der Waals surface area contributed by atoms with Crippen LogP contribution in [0.5, 0.6) is 0 Å². The Morgan fingerprint density at radius 2 is 2.08 bits per heavy atom. The maximum Gasteiger partial charge on any atom is 0.371 e. The van der Waals surface area contributed by atoms with Crippen molar-refractivity contribution in [2.24, 2.45) is 5.10 Å². The van der Waals surface area contributed by atoms with Crippen LogP contribution in [-0.4, -0.2) is 20.4 Å². The van der Waals surface area contributed by atoms with Gasteiger partial charge in [0.2, 0.25) is 0 Å². The molecule has 0 bridgehead atoms. The van der Waals surface area contributed by atoms with Crippen LogP contribution in [0, 0.1) is 6.92 Å². The van der Waals surface area contributed by atoms with Crippen LogP contribution in [0.25, 0.3) is 0 Å². The number of aryl methyl sites for hydroxylation is 1. The third-order valence-corrected chi connectivity index (χ3v) is 1.66. The second-order valence-corrected chi connectivity index (χ2v) is 2.79. The standard InChI is InChI=1S/C7H8N4O/c1-4-3-6-8-5(2)9-7(12)11(6)10-4/h3H2,1-2H3. The normalized spacial score (nSPS) is 14.3. The molecule has 0 spiro atoms. The van der Waals surface area contributed by atoms with Gasteiger partial charge in [0.05, 0.1) is 0 Å². The first-order valence-electron chi connectivity index (χ1n) is 3.68. The first-order chi connectivity index (χ1) is 5.66. The van der Waals surface area contributed by atoms with Gasteiger partial charge < -0.3 is 0 Å². The van der Waals surface area contributed by atoms with E-state index in [2.05, 4.69) is 15.1 Å². The van der Waals surface area contributed by atoms with E-state index in [9.17, 15) is 4.79 Å². The van der Waals surface area contributed by atoms with Crippen LogP contribution in [0.15, 0.2) is 9.90 Å². The third kappa shape index (κ3) is 0.939. The summed E-state index contributed by atoms with van der Waals surface area (Å²) in [6, 6.07) is 0. The van der Waals surface area contributed by atoms with Crippen LogP contribution < -0.4 is 5.69 Å². The summed E-state index contributed by atoms with van der Waals surface area (Å²) in [5.74, 6) is 1.20. The Hall–Kier alpha value is -1.52. The lowest BCUT2D eigenvalue weighted by Gasteiger charge is -1.96. The number of rotatable bonds is 0. The highest BCUT2D eigenvalue weighted by Gasteiger charge is 2.14. The van der Waals surface area contributed by atoms with Crippen molar-refractivity contribution in [1.29, 1.82) is 0 Å². The monoisotopic (exact) mass is 164 g/mol. The van der Waals surface area contributed by atoms with Crippen LogP contribution in [0.2, 0.25) is 0 Å². The summed E-state index contributed by atoms with van der Waals surface area (Å²) in [5, 5.41) is 3.99. The molecule has 5 heteroatoms. The highest BCUT2D eigenvalue weighted by atomic mass is 16.2. The van der Waals surface area contributed by atoms with E-state index >= 15 is 0 Å². The van der Waals surface area contributed by atoms with E-state index in [1.165, 1.54) is 4.68 Å². The minimum absolute atomic E-state index is 0.339. The van der Waals surface area contributed by atoms with E-state index < -0.39 is 0 Å². The fraction of sp³-hybridized carbons (Fsp3) is 0.429. The molecule has 0 aromatic carbocycles. The average Bonchev–Trinajstić information content (AvgIpc) is 2.29. The van der Waals surface area contributed by atoms with Crippen molar-refractivity contribution >= 4 is 5.71 Å². The summed E-state index contributed by atoms with van der Waals surface area (Å²) in [6.45, 7) is 3.57. The third-order valence-electron chi connectivity index (χ3n) is 1.66. The molecule has 0 aliphatic carbocycles. The van der Waals surface area contributed by atoms with Crippen molar-refractivity contribution in [3.8, 4) is 0 Å². The minimum atomic E-state index is -0.339. The Kier molecular flexibility index (Phi) is 1.33. The van der Waals surface area contributed by atoms with Crippen molar-refractivity contribution < 1.29 is 0 Å². The quantitative estimate of drug-likeness (QED) is 0.530. The van der Waals surface area contributed by atoms with Crippen LogP contribution in [-0.2, 0) is 6.42 Å². The molecule has 2 rings (SSSR count). The molecule has 0 saturated carbocycles. The number of hydrogen-bond donors (Lipinski definition) is 0. The van der Waals surface area contributed by atoms with Crippen LogP contribution >= 0.6 is 0 Å². The molecule has 12 heavy (non-hydrogen) atoms. The molecule has 0 atom stereocenters. The minimum Gasteiger partial charge on any atom is -0.243 e. The number of aromatic nitrogens is 3. The van der Waals surface area contributed by atoms with E-state index in [1.54, 1.807) is 6.92 Å². The van der Waals surface area contributed by atoms with Gasteiger partial charge in [-0.3, -0.25) is 0 Å². The molecule has 1 aliphatic rings. The molecule has 2 heterocycles. The predicted molar refractivity (Wildman–Crippen MR) is 43.2 cm³/mol. The summed E-state index contributed by atoms with van der Waals surface area (Å²) < 4.78 is 1.25. The topological polar surface area (TPSA) is 60.1 Å². The molecule has 0 saturated heterocycles. The fourth-order valence-corrected chi connectivity index (χ4v) is 1.21. The summed E-state index contributed by atoms with van der Waals surface area (Å²) in [5.41, 5.74) is 0.557. The maximum absolute atomic E-state index is 11.2. The first-order valence-corrected chi connectivity index (χ1v) is 3.68. The Bertz CT molecular complexity index is 418. The van der Waals surface area contributed by atoms with Gasteiger partial charge in [-0.25, -0.2) is 9.78 Å². The highest BCUT2D eigenvalue weighted by Crippen LogP contribution is 2.03. The predicted octanol–water partition coefficient (Wildman–Crippen LogP) is -0.273. The molecule has 5 nitrogen and oxygen atoms in total. The first kappa shape index (κ1) is 7.15. The lowest BCUT2D eigenvalue weighted by atomic mass is 10.3. The van der Waals surface area contributed by atoms with Gasteiger partial charge in [-0.2, -0.15) is 14.8 Å². The largest absolute Gasteiger partial charge is 0.371 e. The van der Waals surface area contributed by atoms with Crippen LogP contribution in [0.3, 0.4) is 0 Å². The summed E-state index contributed by atoms with van der Waals surface area (Å²) in [7, 11) is 0. The van der Waals surface area contributed by atoms with Crippen molar-refractivity contribution in [1.82, 2.24) is 14.6 Å². The molecule has 1 aromatic rings. The molecule has 1 aliphatic heterocycles. The van der Waals surface area contributed by atoms with Crippen molar-refractivity contribution in [2.75, 3.05) is 0 Å². The number of hydrogen-bond acceptors (Lipinski definition) is 4. The average molecular weight is 164 g/mol. The lowest BCUT2D eigenvalue weighted by molar-refractivity contribution is 0.714. The van der Waals surface area contributed by atoms with Crippen LogP contribution in [0.4, 0.5) is 0 Å². The maximum atomic E-state index is 11.2. The Labute approximate surface area is 68.8 Å². The zero-order chi connectivity index (χ0) is 8.72. The number of nitrogens with zero attached hydrogens (tertiary/aromatic N) is 4. The van der Waals surface area contributed by atoms with Crippen molar-refractivity contribution in [2.45, 2.75) is 20.3 Å². The van der Waals surface area contributed by atoms with E-state index in [0.717, 1.165) is 5.71 Å². The van der Waals surface area contributed by atoms with Gasteiger partial charge in [-0.05, 0) is 13.8 Å². The van der Waals surface area contributed by atoms with E-state index in [0.29, 0.717) is 18.1 Å². The van der Waals surface area contributed by atoms with Gasteiger partial charge in [-0.1, -0.05) is 0 Å². The van der Waals surface area contributed by atoms with Crippen LogP contribution in [0.1, 0.15) is 18.6 Å². The van der Waals surface area contributed by atoms with Gasteiger partial charge >= 0.3 is 5.69 Å². The molecular formula is C7H8N4O. The molecule has 0 amide bonds. The van der Waals surface area contributed by atoms with Gasteiger partial charge in [0.15, 0.2) is 0 Å². The fourth-order valence-electron chi connectivity index (χ4n) is 1.21. The lowest BCUT2D eigenvalue weighted by Crippen LogP contribution is -2.22. The SMILES string of the molecule is CC1=Nn2c(nc(C)nc2=O)C1. The second-order valence-electron chi connectivity index (χ2n) is 2.79. The highest BCUT2D eigenvalue weighted by molar-refractivity contribution is 5.84. The van der Waals surface area contributed by atoms with E-state index in [4.69, 9.17) is 0 Å². The van der Waals surface area contributed by atoms with Gasteiger partial charge in [0.25, 0.3) is 0 Å². The van der Waals surface area contributed by atoms with Crippen molar-refractivity contribution in [3.63, 3.8) is 0 Å². The molecule has 0 unspecified atom stereocenters. The Balaban J connectivity index is 2.70. The number of fused-ring (bicyclic) bond motifs is 1.